The summed E-state index contributed by atoms with van der Waals surface area (Å²) < 4.78 is 0. The number of hydrogen-bond acceptors (Lipinski definition) is 7. The molecule has 2 heterocycles. The van der Waals surface area contributed by atoms with Crippen LogP contribution in [0.4, 0.5) is 11.4 Å². The van der Waals surface area contributed by atoms with Gasteiger partial charge >= 0.3 is 0 Å². The molecule has 2 saturated carbocycles. The van der Waals surface area contributed by atoms with Crippen molar-refractivity contribution in [1.29, 1.82) is 0 Å². The highest BCUT2D eigenvalue weighted by Gasteiger charge is 2.70. The molecule has 0 radical (unpaired) electrons. The Hall–Kier alpha value is -2.84. The Kier molecular flexibility index (Phi) is 3.31. The number of para-hydroxylation sites is 2. The Bertz CT molecular complexity index is 938. The second kappa shape index (κ2) is 5.36. The van der Waals surface area contributed by atoms with E-state index in [2.05, 4.69) is 10.3 Å². The molecule has 9 heteroatoms. The molecule has 2 aliphatic carbocycles. The van der Waals surface area contributed by atoms with Crippen LogP contribution in [0.15, 0.2) is 34.6 Å². The van der Waals surface area contributed by atoms with Crippen LogP contribution in [0, 0.1) is 33.8 Å². The first-order valence-corrected chi connectivity index (χ1v) is 9.53. The monoisotopic (exact) mass is 383 g/mol. The van der Waals surface area contributed by atoms with Crippen LogP contribution < -0.4 is 5.01 Å². The fraction of sp³-hybridized carbons (Fsp3) is 0.579. The maximum absolute atomic E-state index is 13.2. The average molecular weight is 383 g/mol. The zero-order valence-corrected chi connectivity index (χ0v) is 15.8. The average Bonchev–Trinajstić information content (AvgIpc) is 3.34. The van der Waals surface area contributed by atoms with E-state index in [1.807, 2.05) is 20.8 Å². The van der Waals surface area contributed by atoms with E-state index in [1.165, 1.54) is 11.0 Å². The number of rotatable bonds is 2. The van der Waals surface area contributed by atoms with Gasteiger partial charge in [0.2, 0.25) is 11.8 Å². The molecular formula is C19H21N5O4. The fourth-order valence-electron chi connectivity index (χ4n) is 5.77. The van der Waals surface area contributed by atoms with Crippen molar-refractivity contribution in [2.24, 2.45) is 34.0 Å². The lowest BCUT2D eigenvalue weighted by molar-refractivity contribution is -0.384. The lowest BCUT2D eigenvalue weighted by Crippen LogP contribution is -2.47. The van der Waals surface area contributed by atoms with E-state index in [9.17, 15) is 19.7 Å². The molecule has 0 N–H and O–H groups in total. The highest BCUT2D eigenvalue weighted by Crippen LogP contribution is 2.61. The maximum Gasteiger partial charge on any atom is 0.294 e. The number of carbonyl (C=O) groups excluding carboxylic acids is 2. The van der Waals surface area contributed by atoms with Gasteiger partial charge < -0.3 is 0 Å². The summed E-state index contributed by atoms with van der Waals surface area (Å²) in [7, 11) is 0. The molecule has 5 rings (SSSR count). The molecule has 146 valence electrons. The number of likely N-dealkylation sites (tertiary alicyclic amines) is 1. The number of fused-ring (bicyclic) bond motifs is 8. The van der Waals surface area contributed by atoms with Crippen molar-refractivity contribution in [1.82, 2.24) is 4.90 Å². The first-order chi connectivity index (χ1) is 13.2. The summed E-state index contributed by atoms with van der Waals surface area (Å²) in [5.41, 5.74) is -0.212. The van der Waals surface area contributed by atoms with Gasteiger partial charge in [-0.3, -0.25) is 24.6 Å². The van der Waals surface area contributed by atoms with Crippen molar-refractivity contribution in [3.8, 4) is 0 Å². The molecule has 0 spiro atoms. The highest BCUT2D eigenvalue weighted by atomic mass is 16.6. The molecule has 3 fully saturated rings. The lowest BCUT2D eigenvalue weighted by Gasteiger charge is -2.33. The van der Waals surface area contributed by atoms with E-state index < -0.39 is 10.5 Å². The van der Waals surface area contributed by atoms with Crippen LogP contribution in [0.25, 0.3) is 0 Å². The summed E-state index contributed by atoms with van der Waals surface area (Å²) in [5.74, 6) is -1.08. The number of anilines is 1. The van der Waals surface area contributed by atoms with Crippen LogP contribution in [0.5, 0.6) is 0 Å². The number of imide groups is 1. The Labute approximate surface area is 161 Å². The fourth-order valence-corrected chi connectivity index (χ4v) is 5.77. The third-order valence-electron chi connectivity index (χ3n) is 6.65. The van der Waals surface area contributed by atoms with Crippen molar-refractivity contribution >= 4 is 23.2 Å². The van der Waals surface area contributed by atoms with Crippen molar-refractivity contribution < 1.29 is 14.5 Å². The van der Waals surface area contributed by atoms with Gasteiger partial charge in [0.1, 0.15) is 5.69 Å². The number of benzene rings is 1. The Balaban J connectivity index is 1.53. The summed E-state index contributed by atoms with van der Waals surface area (Å²) in [6.45, 7) is 5.60. The quantitative estimate of drug-likeness (QED) is 0.443. The minimum atomic E-state index is -0.563. The van der Waals surface area contributed by atoms with Gasteiger partial charge in [-0.15, -0.1) is 0 Å². The molecule has 2 bridgehead atoms. The minimum absolute atomic E-state index is 0.0356. The summed E-state index contributed by atoms with van der Waals surface area (Å²) in [4.78, 5) is 38.6. The van der Waals surface area contributed by atoms with Crippen molar-refractivity contribution in [2.75, 3.05) is 5.01 Å². The molecule has 4 aliphatic rings. The molecule has 2 amide bonds. The molecule has 0 unspecified atom stereocenters. The van der Waals surface area contributed by atoms with Crippen molar-refractivity contribution in [3.63, 3.8) is 0 Å². The summed E-state index contributed by atoms with van der Waals surface area (Å²) in [6.07, 6.45) is 0.732. The highest BCUT2D eigenvalue weighted by molar-refractivity contribution is 6.07. The number of carbonyl (C=O) groups is 2. The van der Waals surface area contributed by atoms with Crippen LogP contribution >= 0.6 is 0 Å². The van der Waals surface area contributed by atoms with Crippen LogP contribution in [0.1, 0.15) is 27.2 Å². The second-order valence-electron chi connectivity index (χ2n) is 9.07. The largest absolute Gasteiger partial charge is 0.294 e. The molecule has 1 saturated heterocycles. The second-order valence-corrected chi connectivity index (χ2v) is 9.07. The Morgan fingerprint density at radius 3 is 2.39 bits per heavy atom. The first-order valence-electron chi connectivity index (χ1n) is 9.53. The van der Waals surface area contributed by atoms with E-state index in [0.29, 0.717) is 5.69 Å². The SMILES string of the molecule is CC(C)(C)N1C(=O)[C@@H]2[C@@H]3C[C@@H]([C@@H]2C1=O)[C@@H]1[C@@H]3N=NN1c1ccccc1[N+](=O)[O-]. The van der Waals surface area contributed by atoms with E-state index in [1.54, 1.807) is 23.2 Å². The van der Waals surface area contributed by atoms with Gasteiger partial charge in [0.05, 0.1) is 28.8 Å². The zero-order chi connectivity index (χ0) is 20.0. The predicted octanol–water partition coefficient (Wildman–Crippen LogP) is 2.57. The normalized spacial score (nSPS) is 35.7. The number of nitro groups is 1. The predicted molar refractivity (Wildman–Crippen MR) is 98.2 cm³/mol. The standard InChI is InChI=1S/C19H21N5O4/c1-19(2,3)22-17(25)13-9-8-10(14(13)18(22)26)16-15(9)20-21-23(16)11-6-4-5-7-12(11)24(27)28/h4-7,9-10,13-16H,8H2,1-3H3/t9-,10-,13+,14-,15+,16+/m0/s1. The smallest absolute Gasteiger partial charge is 0.277 e. The Morgan fingerprint density at radius 1 is 1.11 bits per heavy atom. The number of nitrogens with zero attached hydrogens (tertiary/aromatic N) is 5. The molecular weight excluding hydrogens is 362 g/mol. The maximum atomic E-state index is 13.2. The number of nitro benzene ring substituents is 1. The topological polar surface area (TPSA) is 108 Å². The third-order valence-corrected chi connectivity index (χ3v) is 6.65. The van der Waals surface area contributed by atoms with E-state index in [-0.39, 0.29) is 53.3 Å². The number of amides is 2. The first kappa shape index (κ1) is 17.3. The van der Waals surface area contributed by atoms with Gasteiger partial charge in [-0.25, -0.2) is 5.01 Å². The molecule has 9 nitrogen and oxygen atoms in total. The van der Waals surface area contributed by atoms with Gasteiger partial charge in [-0.2, -0.15) is 5.11 Å². The summed E-state index contributed by atoms with van der Waals surface area (Å²) in [5, 5.41) is 21.7. The van der Waals surface area contributed by atoms with E-state index in [0.717, 1.165) is 6.42 Å². The molecule has 28 heavy (non-hydrogen) atoms. The van der Waals surface area contributed by atoms with Crippen LogP contribution in [0.3, 0.4) is 0 Å². The van der Waals surface area contributed by atoms with Crippen molar-refractivity contribution in [2.45, 2.75) is 44.8 Å². The van der Waals surface area contributed by atoms with Crippen LogP contribution in [0.2, 0.25) is 0 Å². The lowest BCUT2D eigenvalue weighted by atomic mass is 9.76. The van der Waals surface area contributed by atoms with Crippen LogP contribution in [-0.2, 0) is 9.59 Å². The minimum Gasteiger partial charge on any atom is -0.277 e. The molecule has 0 aromatic heterocycles. The Morgan fingerprint density at radius 2 is 1.75 bits per heavy atom. The number of hydrogen-bond donors (Lipinski definition) is 0. The summed E-state index contributed by atoms with van der Waals surface area (Å²) >= 11 is 0. The zero-order valence-electron chi connectivity index (χ0n) is 15.8. The van der Waals surface area contributed by atoms with Gasteiger partial charge in [0, 0.05) is 11.6 Å². The summed E-state index contributed by atoms with van der Waals surface area (Å²) in [6, 6.07) is 6.02. The van der Waals surface area contributed by atoms with Crippen molar-refractivity contribution in [3.05, 3.63) is 34.4 Å². The van der Waals surface area contributed by atoms with Gasteiger partial charge in [0.15, 0.2) is 0 Å². The molecule has 1 aromatic carbocycles. The van der Waals surface area contributed by atoms with E-state index >= 15 is 0 Å². The molecule has 2 aliphatic heterocycles. The molecule has 1 aromatic rings. The molecule has 6 atom stereocenters. The van der Waals surface area contributed by atoms with Gasteiger partial charge in [-0.05, 0) is 45.1 Å². The van der Waals surface area contributed by atoms with E-state index in [4.69, 9.17) is 0 Å². The van der Waals surface area contributed by atoms with Crippen LogP contribution in [-0.4, -0.2) is 39.3 Å². The third kappa shape index (κ3) is 2.01. The van der Waals surface area contributed by atoms with Gasteiger partial charge in [-0.1, -0.05) is 17.4 Å². The van der Waals surface area contributed by atoms with Gasteiger partial charge in [0.25, 0.3) is 5.69 Å².